The highest BCUT2D eigenvalue weighted by Crippen LogP contribution is 1.97. The molecular formula is C13H17N. The lowest BCUT2D eigenvalue weighted by molar-refractivity contribution is 0.753. The van der Waals surface area contributed by atoms with Crippen LogP contribution in [0.5, 0.6) is 0 Å². The van der Waals surface area contributed by atoms with Crippen molar-refractivity contribution in [3.63, 3.8) is 0 Å². The SMILES string of the molecule is CCC#CCNCCc1ccccc1. The van der Waals surface area contributed by atoms with Crippen LogP contribution in [-0.2, 0) is 6.42 Å². The van der Waals surface area contributed by atoms with Crippen molar-refractivity contribution in [3.05, 3.63) is 35.9 Å². The van der Waals surface area contributed by atoms with Gasteiger partial charge in [-0.05, 0) is 12.0 Å². The summed E-state index contributed by atoms with van der Waals surface area (Å²) in [5, 5.41) is 3.30. The van der Waals surface area contributed by atoms with Crippen LogP contribution in [0.1, 0.15) is 18.9 Å². The number of hydrogen-bond donors (Lipinski definition) is 1. The third-order valence-electron chi connectivity index (χ3n) is 1.95. The fourth-order valence-corrected chi connectivity index (χ4v) is 1.22. The highest BCUT2D eigenvalue weighted by molar-refractivity contribution is 5.14. The Bertz CT molecular complexity index is 292. The summed E-state index contributed by atoms with van der Waals surface area (Å²) in [6, 6.07) is 10.5. The Balaban J connectivity index is 2.10. The van der Waals surface area contributed by atoms with E-state index in [1.807, 2.05) is 6.07 Å². The van der Waals surface area contributed by atoms with Crippen molar-refractivity contribution >= 4 is 0 Å². The van der Waals surface area contributed by atoms with Crippen LogP contribution in [0.3, 0.4) is 0 Å². The van der Waals surface area contributed by atoms with Crippen molar-refractivity contribution < 1.29 is 0 Å². The van der Waals surface area contributed by atoms with Gasteiger partial charge in [0, 0.05) is 13.0 Å². The summed E-state index contributed by atoms with van der Waals surface area (Å²) >= 11 is 0. The third-order valence-corrected chi connectivity index (χ3v) is 1.95. The van der Waals surface area contributed by atoms with Gasteiger partial charge in [-0.2, -0.15) is 0 Å². The molecule has 74 valence electrons. The smallest absolute Gasteiger partial charge is 0.0576 e. The second-order valence-corrected chi connectivity index (χ2v) is 3.12. The Morgan fingerprint density at radius 2 is 1.93 bits per heavy atom. The maximum absolute atomic E-state index is 3.30. The Kier molecular flexibility index (Phi) is 5.54. The Hall–Kier alpha value is -1.26. The van der Waals surface area contributed by atoms with Gasteiger partial charge in [0.05, 0.1) is 6.54 Å². The van der Waals surface area contributed by atoms with Gasteiger partial charge in [-0.25, -0.2) is 0 Å². The lowest BCUT2D eigenvalue weighted by Gasteiger charge is -2.00. The fraction of sp³-hybridized carbons (Fsp3) is 0.385. The van der Waals surface area contributed by atoms with Crippen LogP contribution in [0.15, 0.2) is 30.3 Å². The van der Waals surface area contributed by atoms with Crippen molar-refractivity contribution in [2.45, 2.75) is 19.8 Å². The molecule has 0 radical (unpaired) electrons. The van der Waals surface area contributed by atoms with Crippen LogP contribution in [0.4, 0.5) is 0 Å². The highest BCUT2D eigenvalue weighted by Gasteiger charge is 1.89. The van der Waals surface area contributed by atoms with Gasteiger partial charge >= 0.3 is 0 Å². The van der Waals surface area contributed by atoms with Crippen LogP contribution in [0.25, 0.3) is 0 Å². The van der Waals surface area contributed by atoms with E-state index in [1.54, 1.807) is 0 Å². The summed E-state index contributed by atoms with van der Waals surface area (Å²) in [6.07, 6.45) is 2.02. The van der Waals surface area contributed by atoms with E-state index in [1.165, 1.54) is 5.56 Å². The molecule has 0 saturated carbocycles. The van der Waals surface area contributed by atoms with E-state index in [-0.39, 0.29) is 0 Å². The second kappa shape index (κ2) is 7.17. The molecule has 0 aliphatic carbocycles. The molecule has 0 aliphatic heterocycles. The van der Waals surface area contributed by atoms with E-state index in [0.717, 1.165) is 25.9 Å². The first-order valence-corrected chi connectivity index (χ1v) is 5.14. The largest absolute Gasteiger partial charge is 0.306 e. The molecular weight excluding hydrogens is 170 g/mol. The molecule has 0 aromatic heterocycles. The molecule has 0 fully saturated rings. The van der Waals surface area contributed by atoms with Crippen LogP contribution in [0, 0.1) is 11.8 Å². The summed E-state index contributed by atoms with van der Waals surface area (Å²) in [6.45, 7) is 3.88. The molecule has 1 rings (SSSR count). The second-order valence-electron chi connectivity index (χ2n) is 3.12. The Morgan fingerprint density at radius 3 is 2.64 bits per heavy atom. The van der Waals surface area contributed by atoms with E-state index >= 15 is 0 Å². The zero-order chi connectivity index (χ0) is 10.1. The van der Waals surface area contributed by atoms with Crippen molar-refractivity contribution in [2.75, 3.05) is 13.1 Å². The van der Waals surface area contributed by atoms with Gasteiger partial charge in [-0.1, -0.05) is 43.2 Å². The molecule has 1 aromatic carbocycles. The molecule has 0 bridgehead atoms. The average Bonchev–Trinajstić information content (AvgIpc) is 2.25. The lowest BCUT2D eigenvalue weighted by atomic mass is 10.1. The zero-order valence-electron chi connectivity index (χ0n) is 8.72. The normalized spacial score (nSPS) is 9.21. The monoisotopic (exact) mass is 187 g/mol. The number of hydrogen-bond acceptors (Lipinski definition) is 1. The van der Waals surface area contributed by atoms with Crippen LogP contribution >= 0.6 is 0 Å². The summed E-state index contributed by atoms with van der Waals surface area (Å²) in [5.41, 5.74) is 1.38. The van der Waals surface area contributed by atoms with Gasteiger partial charge < -0.3 is 5.32 Å². The minimum absolute atomic E-state index is 0.806. The van der Waals surface area contributed by atoms with Gasteiger partial charge in [0.2, 0.25) is 0 Å². The fourth-order valence-electron chi connectivity index (χ4n) is 1.22. The van der Waals surface area contributed by atoms with E-state index in [0.29, 0.717) is 0 Å². The molecule has 0 atom stereocenters. The Morgan fingerprint density at radius 1 is 1.14 bits per heavy atom. The third kappa shape index (κ3) is 4.69. The molecule has 0 heterocycles. The van der Waals surface area contributed by atoms with E-state index < -0.39 is 0 Å². The first kappa shape index (κ1) is 10.8. The topological polar surface area (TPSA) is 12.0 Å². The van der Waals surface area contributed by atoms with Crippen molar-refractivity contribution in [3.8, 4) is 11.8 Å². The number of nitrogens with one attached hydrogen (secondary N) is 1. The molecule has 0 amide bonds. The van der Waals surface area contributed by atoms with Gasteiger partial charge in [-0.15, -0.1) is 5.92 Å². The summed E-state index contributed by atoms with van der Waals surface area (Å²) in [4.78, 5) is 0. The maximum atomic E-state index is 3.30. The van der Waals surface area contributed by atoms with Crippen LogP contribution < -0.4 is 5.32 Å². The van der Waals surface area contributed by atoms with Crippen molar-refractivity contribution in [2.24, 2.45) is 0 Å². The van der Waals surface area contributed by atoms with Gasteiger partial charge in [0.1, 0.15) is 0 Å². The molecule has 0 aliphatic rings. The van der Waals surface area contributed by atoms with Gasteiger partial charge in [0.15, 0.2) is 0 Å². The molecule has 0 unspecified atom stereocenters. The average molecular weight is 187 g/mol. The zero-order valence-corrected chi connectivity index (χ0v) is 8.72. The van der Waals surface area contributed by atoms with Gasteiger partial charge in [-0.3, -0.25) is 0 Å². The minimum Gasteiger partial charge on any atom is -0.306 e. The maximum Gasteiger partial charge on any atom is 0.0576 e. The van der Waals surface area contributed by atoms with Crippen LogP contribution in [0.2, 0.25) is 0 Å². The molecule has 14 heavy (non-hydrogen) atoms. The number of rotatable bonds is 4. The molecule has 0 saturated heterocycles. The summed E-state index contributed by atoms with van der Waals surface area (Å²) < 4.78 is 0. The van der Waals surface area contributed by atoms with E-state index in [9.17, 15) is 0 Å². The number of benzene rings is 1. The van der Waals surface area contributed by atoms with E-state index in [4.69, 9.17) is 0 Å². The first-order valence-electron chi connectivity index (χ1n) is 5.14. The molecule has 1 N–H and O–H groups in total. The van der Waals surface area contributed by atoms with Crippen molar-refractivity contribution in [1.29, 1.82) is 0 Å². The molecule has 1 nitrogen and oxygen atoms in total. The minimum atomic E-state index is 0.806. The quantitative estimate of drug-likeness (QED) is 0.563. The molecule has 1 aromatic rings. The van der Waals surface area contributed by atoms with Crippen LogP contribution in [-0.4, -0.2) is 13.1 Å². The predicted molar refractivity (Wildman–Crippen MR) is 61.1 cm³/mol. The first-order chi connectivity index (χ1) is 6.93. The molecule has 0 spiro atoms. The summed E-state index contributed by atoms with van der Waals surface area (Å²) in [5.74, 6) is 6.09. The van der Waals surface area contributed by atoms with Gasteiger partial charge in [0.25, 0.3) is 0 Å². The lowest BCUT2D eigenvalue weighted by Crippen LogP contribution is -2.17. The van der Waals surface area contributed by atoms with E-state index in [2.05, 4.69) is 48.3 Å². The van der Waals surface area contributed by atoms with Crippen molar-refractivity contribution in [1.82, 2.24) is 5.32 Å². The Labute approximate surface area is 86.5 Å². The molecule has 1 heteroatoms. The highest BCUT2D eigenvalue weighted by atomic mass is 14.8. The predicted octanol–water partition coefficient (Wildman–Crippen LogP) is 2.23. The standard InChI is InChI=1S/C13H17N/c1-2-3-7-11-14-12-10-13-8-5-4-6-9-13/h4-6,8-9,14H,2,10-12H2,1H3. The summed E-state index contributed by atoms with van der Waals surface area (Å²) in [7, 11) is 0.